The molecule has 13 heavy (non-hydrogen) atoms. The Hall–Kier alpha value is -0.750. The monoisotopic (exact) mass is 205 g/mol. The van der Waals surface area contributed by atoms with Gasteiger partial charge < -0.3 is 5.32 Å². The average Bonchev–Trinajstić information content (AvgIpc) is 1.98. The Morgan fingerprint density at radius 3 is 2.31 bits per heavy atom. The number of carbonyl (C=O) groups is 2. The average molecular weight is 205 g/mol. The fourth-order valence-electron chi connectivity index (χ4n) is 0.738. The molecule has 0 saturated heterocycles. The van der Waals surface area contributed by atoms with E-state index in [0.29, 0.717) is 0 Å². The maximum atomic E-state index is 11.3. The fraction of sp³-hybridized carbons (Fsp3) is 0.714. The molecule has 0 radical (unpaired) electrons. The molecule has 5 nitrogen and oxygen atoms in total. The summed E-state index contributed by atoms with van der Waals surface area (Å²) < 4.78 is 0. The van der Waals surface area contributed by atoms with Crippen LogP contribution in [0.5, 0.6) is 0 Å². The van der Waals surface area contributed by atoms with Gasteiger partial charge in [0, 0.05) is 26.8 Å². The number of nitrogens with one attached hydrogen (secondary N) is 2. The zero-order chi connectivity index (χ0) is 10.4. The number of thiol groups is 1. The zero-order valence-electron chi connectivity index (χ0n) is 8.00. The molecule has 0 aliphatic rings. The topological polar surface area (TPSA) is 61.4 Å². The van der Waals surface area contributed by atoms with E-state index in [1.807, 2.05) is 0 Å². The van der Waals surface area contributed by atoms with Crippen molar-refractivity contribution in [3.8, 4) is 0 Å². The van der Waals surface area contributed by atoms with Crippen molar-refractivity contribution in [2.75, 3.05) is 19.8 Å². The van der Waals surface area contributed by atoms with E-state index in [9.17, 15) is 9.59 Å². The molecule has 0 aromatic carbocycles. The van der Waals surface area contributed by atoms with Crippen LogP contribution in [0.2, 0.25) is 0 Å². The fourth-order valence-corrected chi connectivity index (χ4v) is 0.995. The predicted octanol–water partition coefficient (Wildman–Crippen LogP) is -0.986. The van der Waals surface area contributed by atoms with Crippen molar-refractivity contribution < 1.29 is 9.59 Å². The van der Waals surface area contributed by atoms with Gasteiger partial charge in [0.2, 0.25) is 5.91 Å². The SMILES string of the molecule is CC(=O)NC(CS)C(=O)NN(C)C. The molecule has 0 aromatic heterocycles. The van der Waals surface area contributed by atoms with Gasteiger partial charge >= 0.3 is 0 Å². The Bertz CT molecular complexity index is 196. The molecule has 0 aliphatic carbocycles. The second-order valence-electron chi connectivity index (χ2n) is 2.81. The smallest absolute Gasteiger partial charge is 0.257 e. The van der Waals surface area contributed by atoms with E-state index in [-0.39, 0.29) is 17.6 Å². The summed E-state index contributed by atoms with van der Waals surface area (Å²) in [4.78, 5) is 22.0. The number of amides is 2. The molecule has 0 aromatic rings. The lowest BCUT2D eigenvalue weighted by molar-refractivity contribution is -0.130. The molecule has 1 atom stereocenters. The molecule has 0 saturated carbocycles. The standard InChI is InChI=1S/C7H15N3O2S/c1-5(11)8-6(4-13)7(12)9-10(2)3/h6,13H,4H2,1-3H3,(H,8,11)(H,9,12). The van der Waals surface area contributed by atoms with Gasteiger partial charge in [0.15, 0.2) is 0 Å². The van der Waals surface area contributed by atoms with Crippen LogP contribution in [0.3, 0.4) is 0 Å². The van der Waals surface area contributed by atoms with Crippen LogP contribution in [-0.4, -0.2) is 42.7 Å². The number of carbonyl (C=O) groups excluding carboxylic acids is 2. The van der Waals surface area contributed by atoms with E-state index in [1.54, 1.807) is 14.1 Å². The van der Waals surface area contributed by atoms with Gasteiger partial charge in [-0.1, -0.05) is 0 Å². The lowest BCUT2D eigenvalue weighted by Gasteiger charge is -2.18. The molecular formula is C7H15N3O2S. The van der Waals surface area contributed by atoms with Crippen LogP contribution in [0, 0.1) is 0 Å². The summed E-state index contributed by atoms with van der Waals surface area (Å²) in [6.07, 6.45) is 0. The van der Waals surface area contributed by atoms with Crippen LogP contribution < -0.4 is 10.7 Å². The molecule has 0 heterocycles. The van der Waals surface area contributed by atoms with E-state index in [0.717, 1.165) is 0 Å². The summed E-state index contributed by atoms with van der Waals surface area (Å²) in [5.41, 5.74) is 2.53. The van der Waals surface area contributed by atoms with E-state index >= 15 is 0 Å². The van der Waals surface area contributed by atoms with Crippen LogP contribution in [0.1, 0.15) is 6.92 Å². The van der Waals surface area contributed by atoms with Crippen molar-refractivity contribution in [2.24, 2.45) is 0 Å². The van der Waals surface area contributed by atoms with Gasteiger partial charge in [0.05, 0.1) is 0 Å². The zero-order valence-corrected chi connectivity index (χ0v) is 8.89. The van der Waals surface area contributed by atoms with Gasteiger partial charge in [0.1, 0.15) is 6.04 Å². The highest BCUT2D eigenvalue weighted by atomic mass is 32.1. The van der Waals surface area contributed by atoms with Crippen molar-refractivity contribution in [3.05, 3.63) is 0 Å². The first-order chi connectivity index (χ1) is 5.97. The summed E-state index contributed by atoms with van der Waals surface area (Å²) in [6.45, 7) is 1.36. The van der Waals surface area contributed by atoms with Crippen LogP contribution in [0.15, 0.2) is 0 Å². The quantitative estimate of drug-likeness (QED) is 0.408. The van der Waals surface area contributed by atoms with Gasteiger partial charge in [-0.3, -0.25) is 15.0 Å². The van der Waals surface area contributed by atoms with Crippen LogP contribution in [-0.2, 0) is 9.59 Å². The van der Waals surface area contributed by atoms with Crippen molar-refractivity contribution in [2.45, 2.75) is 13.0 Å². The largest absolute Gasteiger partial charge is 0.344 e. The molecule has 0 rings (SSSR count). The van der Waals surface area contributed by atoms with Gasteiger partial charge in [-0.25, -0.2) is 5.01 Å². The number of hydrogen-bond donors (Lipinski definition) is 3. The number of rotatable bonds is 4. The third-order valence-electron chi connectivity index (χ3n) is 1.21. The minimum atomic E-state index is -0.580. The van der Waals surface area contributed by atoms with Crippen LogP contribution in [0.25, 0.3) is 0 Å². The molecule has 2 amide bonds. The lowest BCUT2D eigenvalue weighted by atomic mass is 10.3. The Balaban J connectivity index is 4.07. The number of hydrazine groups is 1. The molecular weight excluding hydrogens is 190 g/mol. The molecule has 2 N–H and O–H groups in total. The first-order valence-electron chi connectivity index (χ1n) is 3.83. The van der Waals surface area contributed by atoms with Crippen molar-refractivity contribution >= 4 is 24.4 Å². The summed E-state index contributed by atoms with van der Waals surface area (Å²) in [7, 11) is 3.39. The van der Waals surface area contributed by atoms with E-state index in [1.165, 1.54) is 11.9 Å². The highest BCUT2D eigenvalue weighted by molar-refractivity contribution is 7.80. The molecule has 0 bridgehead atoms. The van der Waals surface area contributed by atoms with E-state index in [4.69, 9.17) is 0 Å². The summed E-state index contributed by atoms with van der Waals surface area (Å²) >= 11 is 3.96. The highest BCUT2D eigenvalue weighted by Gasteiger charge is 2.17. The highest BCUT2D eigenvalue weighted by Crippen LogP contribution is 1.88. The lowest BCUT2D eigenvalue weighted by Crippen LogP contribution is -2.50. The third-order valence-corrected chi connectivity index (χ3v) is 1.58. The van der Waals surface area contributed by atoms with E-state index < -0.39 is 6.04 Å². The summed E-state index contributed by atoms with van der Waals surface area (Å²) in [6, 6.07) is -0.580. The van der Waals surface area contributed by atoms with Crippen LogP contribution >= 0.6 is 12.6 Å². The Morgan fingerprint density at radius 1 is 1.46 bits per heavy atom. The van der Waals surface area contributed by atoms with Gasteiger partial charge in [-0.2, -0.15) is 12.6 Å². The first-order valence-corrected chi connectivity index (χ1v) is 4.46. The van der Waals surface area contributed by atoms with Gasteiger partial charge in [-0.15, -0.1) is 0 Å². The molecule has 0 fully saturated rings. The van der Waals surface area contributed by atoms with Crippen molar-refractivity contribution in [1.82, 2.24) is 15.8 Å². The van der Waals surface area contributed by atoms with Crippen LogP contribution in [0.4, 0.5) is 0 Å². The molecule has 76 valence electrons. The molecule has 1 unspecified atom stereocenters. The third kappa shape index (κ3) is 5.48. The second kappa shape index (κ2) is 5.82. The van der Waals surface area contributed by atoms with Crippen molar-refractivity contribution in [3.63, 3.8) is 0 Å². The maximum Gasteiger partial charge on any atom is 0.257 e. The Kier molecular flexibility index (Phi) is 5.48. The molecule has 6 heteroatoms. The van der Waals surface area contributed by atoms with Gasteiger partial charge in [-0.05, 0) is 0 Å². The number of hydrogen-bond acceptors (Lipinski definition) is 4. The number of nitrogens with zero attached hydrogens (tertiary/aromatic N) is 1. The van der Waals surface area contributed by atoms with E-state index in [2.05, 4.69) is 23.4 Å². The minimum Gasteiger partial charge on any atom is -0.344 e. The Labute approximate surface area is 83.2 Å². The summed E-state index contributed by atoms with van der Waals surface area (Å²) in [5.74, 6) is -0.234. The van der Waals surface area contributed by atoms with Gasteiger partial charge in [0.25, 0.3) is 5.91 Å². The minimum absolute atomic E-state index is 0.243. The predicted molar refractivity (Wildman–Crippen MR) is 53.3 cm³/mol. The van der Waals surface area contributed by atoms with Crippen molar-refractivity contribution in [1.29, 1.82) is 0 Å². The second-order valence-corrected chi connectivity index (χ2v) is 3.17. The normalized spacial score (nSPS) is 12.4. The first kappa shape index (κ1) is 12.2. The molecule has 0 aliphatic heterocycles. The maximum absolute atomic E-state index is 11.3. The molecule has 0 spiro atoms. The summed E-state index contributed by atoms with van der Waals surface area (Å²) in [5, 5.41) is 4.00. The Morgan fingerprint density at radius 2 is 2.00 bits per heavy atom.